The first-order valence-corrected chi connectivity index (χ1v) is 11.2. The van der Waals surface area contributed by atoms with Gasteiger partial charge in [0.25, 0.3) is 5.91 Å². The SMILES string of the molecule is COc1nc(Nc2c(C)cc(C)cc2C)nc(NC2CCN(C(=O)c3ccccc3)CC2)n1. The molecule has 33 heavy (non-hydrogen) atoms. The number of hydrogen-bond acceptors (Lipinski definition) is 7. The number of carbonyl (C=O) groups is 1. The highest BCUT2D eigenvalue weighted by Crippen LogP contribution is 2.26. The quantitative estimate of drug-likeness (QED) is 0.584. The number of aryl methyl sites for hydroxylation is 3. The van der Waals surface area contributed by atoms with E-state index in [1.54, 1.807) is 7.11 Å². The van der Waals surface area contributed by atoms with Crippen molar-refractivity contribution in [2.75, 3.05) is 30.8 Å². The van der Waals surface area contributed by atoms with Crippen LogP contribution in [0.5, 0.6) is 6.01 Å². The first-order valence-electron chi connectivity index (χ1n) is 11.2. The average Bonchev–Trinajstić information content (AvgIpc) is 2.82. The van der Waals surface area contributed by atoms with Crippen molar-refractivity contribution >= 4 is 23.5 Å². The Labute approximate surface area is 194 Å². The van der Waals surface area contributed by atoms with Gasteiger partial charge in [-0.15, -0.1) is 0 Å². The standard InChI is InChI=1S/C25H30N6O2/c1-16-14-17(2)21(18(3)15-16)27-24-28-23(29-25(30-24)33-4)26-20-10-12-31(13-11-20)22(32)19-8-6-5-7-9-19/h5-9,14-15,20H,10-13H2,1-4H3,(H2,26,27,28,29,30). The minimum absolute atomic E-state index is 0.0752. The number of piperidine rings is 1. The number of anilines is 3. The second-order valence-corrected chi connectivity index (χ2v) is 8.44. The second-order valence-electron chi connectivity index (χ2n) is 8.44. The number of nitrogens with one attached hydrogen (secondary N) is 2. The maximum absolute atomic E-state index is 12.7. The van der Waals surface area contributed by atoms with Crippen molar-refractivity contribution < 1.29 is 9.53 Å². The predicted octanol–water partition coefficient (Wildman–Crippen LogP) is 4.27. The lowest BCUT2D eigenvalue weighted by Gasteiger charge is -2.32. The molecule has 1 fully saturated rings. The van der Waals surface area contributed by atoms with Crippen molar-refractivity contribution in [2.24, 2.45) is 0 Å². The fourth-order valence-corrected chi connectivity index (χ4v) is 4.23. The molecule has 0 atom stereocenters. The van der Waals surface area contributed by atoms with E-state index in [2.05, 4.69) is 58.5 Å². The van der Waals surface area contributed by atoms with E-state index >= 15 is 0 Å². The number of carbonyl (C=O) groups excluding carboxylic acids is 1. The summed E-state index contributed by atoms with van der Waals surface area (Å²) in [5.41, 5.74) is 5.16. The van der Waals surface area contributed by atoms with Gasteiger partial charge in [-0.2, -0.15) is 15.0 Å². The number of likely N-dealkylation sites (tertiary alicyclic amines) is 1. The van der Waals surface area contributed by atoms with Crippen LogP contribution in [-0.2, 0) is 0 Å². The van der Waals surface area contributed by atoms with E-state index in [0.717, 1.165) is 35.2 Å². The number of ether oxygens (including phenoxy) is 1. The van der Waals surface area contributed by atoms with Crippen LogP contribution in [0.25, 0.3) is 0 Å². The Balaban J connectivity index is 1.43. The van der Waals surface area contributed by atoms with Crippen LogP contribution in [0.15, 0.2) is 42.5 Å². The average molecular weight is 447 g/mol. The third-order valence-electron chi connectivity index (χ3n) is 5.85. The van der Waals surface area contributed by atoms with E-state index in [1.807, 2.05) is 35.2 Å². The summed E-state index contributed by atoms with van der Waals surface area (Å²) in [6.07, 6.45) is 1.62. The summed E-state index contributed by atoms with van der Waals surface area (Å²) in [4.78, 5) is 27.9. The lowest BCUT2D eigenvalue weighted by Crippen LogP contribution is -2.42. The normalized spacial score (nSPS) is 14.1. The summed E-state index contributed by atoms with van der Waals surface area (Å²) < 4.78 is 5.30. The molecule has 2 aromatic carbocycles. The number of nitrogens with zero attached hydrogens (tertiary/aromatic N) is 4. The largest absolute Gasteiger partial charge is 0.467 e. The number of rotatable bonds is 6. The Hall–Kier alpha value is -3.68. The first kappa shape index (κ1) is 22.5. The Bertz CT molecular complexity index is 1100. The summed E-state index contributed by atoms with van der Waals surface area (Å²) in [6, 6.07) is 14.1. The highest BCUT2D eigenvalue weighted by atomic mass is 16.5. The van der Waals surface area contributed by atoms with Crippen molar-refractivity contribution in [1.29, 1.82) is 0 Å². The number of hydrogen-bond donors (Lipinski definition) is 2. The minimum Gasteiger partial charge on any atom is -0.467 e. The molecule has 1 amide bonds. The lowest BCUT2D eigenvalue weighted by molar-refractivity contribution is 0.0718. The first-order chi connectivity index (χ1) is 15.9. The van der Waals surface area contributed by atoms with Crippen molar-refractivity contribution in [2.45, 2.75) is 39.7 Å². The summed E-state index contributed by atoms with van der Waals surface area (Å²) in [5.74, 6) is 0.960. The monoisotopic (exact) mass is 446 g/mol. The molecule has 1 aliphatic rings. The molecule has 3 aromatic rings. The van der Waals surface area contributed by atoms with Gasteiger partial charge in [-0.3, -0.25) is 4.79 Å². The molecule has 1 aromatic heterocycles. The topological polar surface area (TPSA) is 92.3 Å². The maximum atomic E-state index is 12.7. The second kappa shape index (κ2) is 9.85. The van der Waals surface area contributed by atoms with E-state index in [4.69, 9.17) is 4.74 Å². The van der Waals surface area contributed by atoms with Crippen LogP contribution < -0.4 is 15.4 Å². The summed E-state index contributed by atoms with van der Waals surface area (Å²) in [6.45, 7) is 7.56. The van der Waals surface area contributed by atoms with Gasteiger partial charge in [0.15, 0.2) is 0 Å². The molecule has 4 rings (SSSR count). The molecule has 0 saturated carbocycles. The Morgan fingerprint density at radius 2 is 1.61 bits per heavy atom. The molecule has 0 bridgehead atoms. The number of benzene rings is 2. The minimum atomic E-state index is 0.0752. The van der Waals surface area contributed by atoms with Crippen LogP contribution in [0, 0.1) is 20.8 Å². The third-order valence-corrected chi connectivity index (χ3v) is 5.85. The highest BCUT2D eigenvalue weighted by molar-refractivity contribution is 5.94. The van der Waals surface area contributed by atoms with E-state index in [9.17, 15) is 4.79 Å². The number of aromatic nitrogens is 3. The van der Waals surface area contributed by atoms with Gasteiger partial charge in [-0.1, -0.05) is 35.9 Å². The third kappa shape index (κ3) is 5.39. The summed E-state index contributed by atoms with van der Waals surface area (Å²) >= 11 is 0. The van der Waals surface area contributed by atoms with Crippen molar-refractivity contribution in [3.8, 4) is 6.01 Å². The molecule has 8 heteroatoms. The fraction of sp³-hybridized carbons (Fsp3) is 0.360. The van der Waals surface area contributed by atoms with Crippen LogP contribution in [0.1, 0.15) is 39.9 Å². The summed E-state index contributed by atoms with van der Waals surface area (Å²) in [7, 11) is 1.54. The van der Waals surface area contributed by atoms with Crippen LogP contribution in [0.3, 0.4) is 0 Å². The molecular formula is C25H30N6O2. The van der Waals surface area contributed by atoms with E-state index in [-0.39, 0.29) is 18.0 Å². The van der Waals surface area contributed by atoms with Crippen LogP contribution >= 0.6 is 0 Å². The zero-order chi connectivity index (χ0) is 23.4. The highest BCUT2D eigenvalue weighted by Gasteiger charge is 2.24. The van der Waals surface area contributed by atoms with Gasteiger partial charge >= 0.3 is 6.01 Å². The Morgan fingerprint density at radius 1 is 0.970 bits per heavy atom. The van der Waals surface area contributed by atoms with Gasteiger partial charge in [-0.25, -0.2) is 0 Å². The van der Waals surface area contributed by atoms with Crippen LogP contribution in [0.4, 0.5) is 17.6 Å². The van der Waals surface area contributed by atoms with Crippen LogP contribution in [-0.4, -0.2) is 52.0 Å². The molecule has 0 unspecified atom stereocenters. The molecule has 0 aliphatic carbocycles. The van der Waals surface area contributed by atoms with Gasteiger partial charge in [-0.05, 0) is 56.9 Å². The maximum Gasteiger partial charge on any atom is 0.322 e. The zero-order valence-corrected chi connectivity index (χ0v) is 19.6. The summed E-state index contributed by atoms with van der Waals surface area (Å²) in [5, 5.41) is 6.72. The number of amides is 1. The van der Waals surface area contributed by atoms with Gasteiger partial charge < -0.3 is 20.3 Å². The molecule has 2 N–H and O–H groups in total. The van der Waals surface area contributed by atoms with Crippen molar-refractivity contribution in [3.63, 3.8) is 0 Å². The van der Waals surface area contributed by atoms with Gasteiger partial charge in [0, 0.05) is 30.4 Å². The lowest BCUT2D eigenvalue weighted by atomic mass is 10.0. The smallest absolute Gasteiger partial charge is 0.322 e. The molecule has 0 spiro atoms. The molecule has 0 radical (unpaired) electrons. The van der Waals surface area contributed by atoms with Crippen LogP contribution in [0.2, 0.25) is 0 Å². The van der Waals surface area contributed by atoms with Crippen molar-refractivity contribution in [3.05, 3.63) is 64.7 Å². The zero-order valence-electron chi connectivity index (χ0n) is 19.6. The fourth-order valence-electron chi connectivity index (χ4n) is 4.23. The molecule has 8 nitrogen and oxygen atoms in total. The van der Waals surface area contributed by atoms with E-state index in [0.29, 0.717) is 25.0 Å². The Morgan fingerprint density at radius 3 is 2.24 bits per heavy atom. The van der Waals surface area contributed by atoms with E-state index < -0.39 is 0 Å². The molecular weight excluding hydrogens is 416 g/mol. The molecule has 2 heterocycles. The molecule has 1 aliphatic heterocycles. The molecule has 1 saturated heterocycles. The van der Waals surface area contributed by atoms with E-state index in [1.165, 1.54) is 5.56 Å². The van der Waals surface area contributed by atoms with Gasteiger partial charge in [0.05, 0.1) is 7.11 Å². The Kier molecular flexibility index (Phi) is 6.72. The van der Waals surface area contributed by atoms with Gasteiger partial charge in [0.2, 0.25) is 11.9 Å². The van der Waals surface area contributed by atoms with Crippen molar-refractivity contribution in [1.82, 2.24) is 19.9 Å². The number of methoxy groups -OCH3 is 1. The molecule has 172 valence electrons. The predicted molar refractivity (Wildman–Crippen MR) is 129 cm³/mol. The van der Waals surface area contributed by atoms with Gasteiger partial charge in [0.1, 0.15) is 0 Å².